The lowest BCUT2D eigenvalue weighted by Crippen LogP contribution is -2.54. The Balaban J connectivity index is 2.09. The van der Waals surface area contributed by atoms with Gasteiger partial charge in [-0.3, -0.25) is 9.59 Å². The Morgan fingerprint density at radius 1 is 1.03 bits per heavy atom. The van der Waals surface area contributed by atoms with Gasteiger partial charge in [-0.05, 0) is 57.2 Å². The number of thioether (sulfide) groups is 1. The van der Waals surface area contributed by atoms with Crippen molar-refractivity contribution < 1.29 is 9.59 Å². The molecule has 2 amide bonds. The van der Waals surface area contributed by atoms with Crippen LogP contribution in [-0.2, 0) is 21.8 Å². The standard InChI is InChI=1S/C26H36N2O2S/c1-6-23(25(30)27-26(3,4)5)28(17-16-21-13-8-7-9-14-21)24(29)19-31-18-22-15-11-10-12-20(22)2/h7-15,23H,6,16-19H2,1-5H3,(H,27,30)/t23-/m1/s1. The molecule has 0 unspecified atom stereocenters. The SMILES string of the molecule is CC[C@H](C(=O)NC(C)(C)C)N(CCc1ccccc1)C(=O)CSCc1ccccc1C. The van der Waals surface area contributed by atoms with Crippen LogP contribution < -0.4 is 5.32 Å². The molecule has 0 aliphatic heterocycles. The fourth-order valence-electron chi connectivity index (χ4n) is 3.45. The van der Waals surface area contributed by atoms with Crippen LogP contribution in [0.15, 0.2) is 54.6 Å². The van der Waals surface area contributed by atoms with Crippen LogP contribution in [0.5, 0.6) is 0 Å². The summed E-state index contributed by atoms with van der Waals surface area (Å²) in [7, 11) is 0. The molecular weight excluding hydrogens is 404 g/mol. The van der Waals surface area contributed by atoms with E-state index in [1.165, 1.54) is 16.7 Å². The summed E-state index contributed by atoms with van der Waals surface area (Å²) in [5.41, 5.74) is 3.31. The molecule has 0 aliphatic carbocycles. The van der Waals surface area contributed by atoms with Gasteiger partial charge in [0.25, 0.3) is 0 Å². The lowest BCUT2D eigenvalue weighted by Gasteiger charge is -2.33. The van der Waals surface area contributed by atoms with E-state index in [1.807, 2.05) is 58.0 Å². The molecule has 5 heteroatoms. The smallest absolute Gasteiger partial charge is 0.243 e. The number of carbonyl (C=O) groups excluding carboxylic acids is 2. The van der Waals surface area contributed by atoms with Crippen molar-refractivity contribution in [3.05, 3.63) is 71.3 Å². The second kappa shape index (κ2) is 11.9. The van der Waals surface area contributed by atoms with Crippen molar-refractivity contribution in [3.63, 3.8) is 0 Å². The topological polar surface area (TPSA) is 49.4 Å². The highest BCUT2D eigenvalue weighted by Gasteiger charge is 2.30. The van der Waals surface area contributed by atoms with Gasteiger partial charge in [0.05, 0.1) is 5.75 Å². The predicted molar refractivity (Wildman–Crippen MR) is 131 cm³/mol. The summed E-state index contributed by atoms with van der Waals surface area (Å²) in [5.74, 6) is 1.09. The van der Waals surface area contributed by atoms with Crippen LogP contribution in [-0.4, -0.2) is 40.6 Å². The first-order valence-electron chi connectivity index (χ1n) is 11.0. The zero-order valence-electron chi connectivity index (χ0n) is 19.5. The van der Waals surface area contributed by atoms with Crippen LogP contribution in [0.2, 0.25) is 0 Å². The monoisotopic (exact) mass is 440 g/mol. The summed E-state index contributed by atoms with van der Waals surface area (Å²) in [6.45, 7) is 10.5. The van der Waals surface area contributed by atoms with E-state index in [1.54, 1.807) is 16.7 Å². The molecule has 0 fully saturated rings. The van der Waals surface area contributed by atoms with Gasteiger partial charge in [0.2, 0.25) is 11.8 Å². The van der Waals surface area contributed by atoms with Crippen molar-refractivity contribution >= 4 is 23.6 Å². The average molecular weight is 441 g/mol. The van der Waals surface area contributed by atoms with Crippen LogP contribution in [0.25, 0.3) is 0 Å². The molecule has 0 bridgehead atoms. The molecule has 0 radical (unpaired) electrons. The van der Waals surface area contributed by atoms with Gasteiger partial charge in [-0.15, -0.1) is 11.8 Å². The first-order chi connectivity index (χ1) is 14.7. The fourth-order valence-corrected chi connectivity index (χ4v) is 4.44. The molecule has 0 saturated heterocycles. The zero-order chi connectivity index (χ0) is 22.9. The van der Waals surface area contributed by atoms with E-state index in [-0.39, 0.29) is 17.4 Å². The number of nitrogens with one attached hydrogen (secondary N) is 1. The molecule has 2 aromatic rings. The number of rotatable bonds is 10. The third-order valence-corrected chi connectivity index (χ3v) is 6.08. The Labute approximate surface area is 191 Å². The molecule has 2 rings (SSSR count). The van der Waals surface area contributed by atoms with E-state index in [0.717, 1.165) is 12.2 Å². The third-order valence-electron chi connectivity index (χ3n) is 5.11. The van der Waals surface area contributed by atoms with Crippen molar-refractivity contribution in [3.8, 4) is 0 Å². The lowest BCUT2D eigenvalue weighted by atomic mass is 10.1. The Morgan fingerprint density at radius 2 is 1.68 bits per heavy atom. The number of nitrogens with zero attached hydrogens (tertiary/aromatic N) is 1. The summed E-state index contributed by atoms with van der Waals surface area (Å²) in [5, 5.41) is 3.05. The molecule has 1 N–H and O–H groups in total. The normalized spacial score (nSPS) is 12.3. The maximum absolute atomic E-state index is 13.2. The summed E-state index contributed by atoms with van der Waals surface area (Å²) in [6, 6.07) is 17.9. The molecule has 168 valence electrons. The van der Waals surface area contributed by atoms with Crippen molar-refractivity contribution in [2.24, 2.45) is 0 Å². The molecular formula is C26H36N2O2S. The second-order valence-corrected chi connectivity index (χ2v) is 9.89. The van der Waals surface area contributed by atoms with Crippen LogP contribution in [0.3, 0.4) is 0 Å². The quantitative estimate of drug-likeness (QED) is 0.566. The molecule has 4 nitrogen and oxygen atoms in total. The Bertz CT molecular complexity index is 846. The van der Waals surface area contributed by atoms with Gasteiger partial charge in [0.1, 0.15) is 6.04 Å². The van der Waals surface area contributed by atoms with Crippen molar-refractivity contribution in [1.82, 2.24) is 10.2 Å². The maximum atomic E-state index is 13.2. The Kier molecular flexibility index (Phi) is 9.63. The van der Waals surface area contributed by atoms with E-state index in [4.69, 9.17) is 0 Å². The highest BCUT2D eigenvalue weighted by Crippen LogP contribution is 2.18. The summed E-state index contributed by atoms with van der Waals surface area (Å²) in [4.78, 5) is 28.0. The van der Waals surface area contributed by atoms with Gasteiger partial charge >= 0.3 is 0 Å². The number of carbonyl (C=O) groups is 2. The van der Waals surface area contributed by atoms with Gasteiger partial charge in [-0.1, -0.05) is 61.5 Å². The first kappa shape index (κ1) is 25.0. The largest absolute Gasteiger partial charge is 0.350 e. The number of amides is 2. The van der Waals surface area contributed by atoms with E-state index in [0.29, 0.717) is 18.7 Å². The molecule has 0 aromatic heterocycles. The average Bonchev–Trinajstić information content (AvgIpc) is 2.71. The Hall–Kier alpha value is -2.27. The summed E-state index contributed by atoms with van der Waals surface area (Å²) < 4.78 is 0. The number of hydrogen-bond acceptors (Lipinski definition) is 3. The second-order valence-electron chi connectivity index (χ2n) is 8.91. The molecule has 0 heterocycles. The lowest BCUT2D eigenvalue weighted by molar-refractivity contribution is -0.139. The molecule has 31 heavy (non-hydrogen) atoms. The van der Waals surface area contributed by atoms with E-state index in [9.17, 15) is 9.59 Å². The highest BCUT2D eigenvalue weighted by atomic mass is 32.2. The predicted octanol–water partition coefficient (Wildman–Crippen LogP) is 4.99. The van der Waals surface area contributed by atoms with E-state index < -0.39 is 6.04 Å². The number of hydrogen-bond donors (Lipinski definition) is 1. The molecule has 2 aromatic carbocycles. The summed E-state index contributed by atoms with van der Waals surface area (Å²) in [6.07, 6.45) is 1.32. The fraction of sp³-hybridized carbons (Fsp3) is 0.462. The van der Waals surface area contributed by atoms with Gasteiger partial charge in [-0.25, -0.2) is 0 Å². The minimum Gasteiger partial charge on any atom is -0.350 e. The van der Waals surface area contributed by atoms with Crippen molar-refractivity contribution in [1.29, 1.82) is 0 Å². The van der Waals surface area contributed by atoms with Crippen LogP contribution in [0, 0.1) is 6.92 Å². The molecule has 0 aliphatic rings. The Morgan fingerprint density at radius 3 is 2.29 bits per heavy atom. The van der Waals surface area contributed by atoms with Gasteiger partial charge < -0.3 is 10.2 Å². The van der Waals surface area contributed by atoms with Crippen molar-refractivity contribution in [2.75, 3.05) is 12.3 Å². The van der Waals surface area contributed by atoms with Gasteiger partial charge in [0.15, 0.2) is 0 Å². The van der Waals surface area contributed by atoms with Crippen LogP contribution >= 0.6 is 11.8 Å². The molecule has 0 saturated carbocycles. The van der Waals surface area contributed by atoms with Crippen LogP contribution in [0.4, 0.5) is 0 Å². The zero-order valence-corrected chi connectivity index (χ0v) is 20.3. The van der Waals surface area contributed by atoms with Crippen LogP contribution in [0.1, 0.15) is 50.8 Å². The van der Waals surface area contributed by atoms with E-state index >= 15 is 0 Å². The number of benzene rings is 2. The van der Waals surface area contributed by atoms with E-state index in [2.05, 4.69) is 36.5 Å². The van der Waals surface area contributed by atoms with Gasteiger partial charge in [0, 0.05) is 17.8 Å². The summed E-state index contributed by atoms with van der Waals surface area (Å²) >= 11 is 1.61. The minimum absolute atomic E-state index is 0.0189. The van der Waals surface area contributed by atoms with Gasteiger partial charge in [-0.2, -0.15) is 0 Å². The van der Waals surface area contributed by atoms with Crippen molar-refractivity contribution in [2.45, 2.75) is 64.8 Å². The maximum Gasteiger partial charge on any atom is 0.243 e. The molecule has 1 atom stereocenters. The number of aryl methyl sites for hydroxylation is 1. The molecule has 0 spiro atoms. The highest BCUT2D eigenvalue weighted by molar-refractivity contribution is 7.99. The first-order valence-corrected chi connectivity index (χ1v) is 12.1. The minimum atomic E-state index is -0.463. The third kappa shape index (κ3) is 8.41.